The monoisotopic (exact) mass is 466 g/mol. The van der Waals surface area contributed by atoms with Gasteiger partial charge in [0.05, 0.1) is 11.6 Å². The van der Waals surface area contributed by atoms with Crippen LogP contribution in [0.1, 0.15) is 21.7 Å². The summed E-state index contributed by atoms with van der Waals surface area (Å²) in [6.45, 7) is 0.325. The summed E-state index contributed by atoms with van der Waals surface area (Å²) in [4.78, 5) is 29.7. The zero-order valence-corrected chi connectivity index (χ0v) is 18.9. The molecule has 3 N–H and O–H groups in total. The molecule has 3 heterocycles. The summed E-state index contributed by atoms with van der Waals surface area (Å²) >= 11 is 6.45. The van der Waals surface area contributed by atoms with E-state index in [0.717, 1.165) is 16.7 Å². The second-order valence-corrected chi connectivity index (χ2v) is 8.26. The van der Waals surface area contributed by atoms with Crippen molar-refractivity contribution in [3.63, 3.8) is 0 Å². The number of benzene rings is 1. The molecule has 0 bridgehead atoms. The fourth-order valence-corrected chi connectivity index (χ4v) is 3.72. The highest BCUT2D eigenvalue weighted by molar-refractivity contribution is 6.32. The van der Waals surface area contributed by atoms with E-state index in [0.29, 0.717) is 35.3 Å². The number of carbonyl (C=O) groups is 2. The summed E-state index contributed by atoms with van der Waals surface area (Å²) in [7, 11) is 3.33. The van der Waals surface area contributed by atoms with Crippen LogP contribution in [0.15, 0.2) is 53.1 Å². The van der Waals surface area contributed by atoms with Gasteiger partial charge in [-0.15, -0.1) is 0 Å². The number of rotatable bonds is 6. The van der Waals surface area contributed by atoms with Gasteiger partial charge in [0.25, 0.3) is 5.91 Å². The molecular formula is C24H23ClN4O4. The van der Waals surface area contributed by atoms with E-state index in [9.17, 15) is 9.59 Å². The van der Waals surface area contributed by atoms with Gasteiger partial charge in [-0.05, 0) is 48.0 Å². The lowest BCUT2D eigenvalue weighted by Gasteiger charge is -2.11. The van der Waals surface area contributed by atoms with Gasteiger partial charge >= 0.3 is 0 Å². The molecule has 33 heavy (non-hydrogen) atoms. The van der Waals surface area contributed by atoms with Gasteiger partial charge in [0.15, 0.2) is 5.76 Å². The second kappa shape index (κ2) is 9.38. The molecule has 0 saturated heterocycles. The molecule has 4 rings (SSSR count). The Kier molecular flexibility index (Phi) is 6.37. The number of hydrogen-bond donors (Lipinski definition) is 2. The number of carbonyl (C=O) groups excluding carboxylic acids is 2. The molecule has 1 unspecified atom stereocenters. The van der Waals surface area contributed by atoms with Crippen LogP contribution < -0.4 is 15.8 Å². The van der Waals surface area contributed by atoms with Crippen molar-refractivity contribution in [2.45, 2.75) is 12.5 Å². The van der Waals surface area contributed by atoms with Crippen LogP contribution in [0.25, 0.3) is 17.4 Å². The minimum absolute atomic E-state index is 0.214. The molecule has 1 aromatic carbocycles. The number of nitrogens with two attached hydrogens (primary N) is 1. The topological polar surface area (TPSA) is 111 Å². The van der Waals surface area contributed by atoms with Gasteiger partial charge < -0.3 is 25.1 Å². The lowest BCUT2D eigenvalue weighted by molar-refractivity contribution is -0.116. The van der Waals surface area contributed by atoms with E-state index in [1.807, 2.05) is 6.07 Å². The first-order valence-corrected chi connectivity index (χ1v) is 10.7. The third-order valence-corrected chi connectivity index (χ3v) is 5.38. The maximum atomic E-state index is 12.2. The van der Waals surface area contributed by atoms with Crippen LogP contribution >= 0.6 is 11.6 Å². The quantitative estimate of drug-likeness (QED) is 0.538. The van der Waals surface area contributed by atoms with E-state index in [1.165, 1.54) is 11.0 Å². The fourth-order valence-electron chi connectivity index (χ4n) is 3.43. The molecule has 2 aromatic heterocycles. The molecule has 0 aliphatic carbocycles. The van der Waals surface area contributed by atoms with Crippen molar-refractivity contribution in [2.75, 3.05) is 26.4 Å². The van der Waals surface area contributed by atoms with Crippen LogP contribution in [-0.2, 0) is 11.2 Å². The van der Waals surface area contributed by atoms with E-state index in [4.69, 9.17) is 26.5 Å². The summed E-state index contributed by atoms with van der Waals surface area (Å²) < 4.78 is 11.7. The number of pyridine rings is 1. The SMILES string of the molecule is CN(C)C(=O)c1ccc(-c2cc(Cl)c3c(c2)CC(CNC(=O)/C=C/c2ccc(N)nc2)O3)o1. The lowest BCUT2D eigenvalue weighted by Crippen LogP contribution is -2.33. The standard InChI is InChI=1S/C24H23ClN4O4/c1-29(2)24(31)20-6-5-19(33-20)15-9-16-10-17(32-23(16)18(25)11-15)13-28-22(30)8-4-14-3-7-21(26)27-12-14/h3-9,11-12,17H,10,13H2,1-2H3,(H2,26,27)(H,28,30)/b8-4+. The van der Waals surface area contributed by atoms with Crippen molar-refractivity contribution in [1.29, 1.82) is 0 Å². The van der Waals surface area contributed by atoms with Crippen LogP contribution in [0.5, 0.6) is 5.75 Å². The first kappa shape index (κ1) is 22.4. The predicted octanol–water partition coefficient (Wildman–Crippen LogP) is 3.41. The van der Waals surface area contributed by atoms with Crippen LogP contribution in [0.4, 0.5) is 5.82 Å². The van der Waals surface area contributed by atoms with Crippen LogP contribution in [0.3, 0.4) is 0 Å². The number of halogens is 1. The molecular weight excluding hydrogens is 444 g/mol. The van der Waals surface area contributed by atoms with E-state index in [2.05, 4.69) is 10.3 Å². The molecule has 8 nitrogen and oxygen atoms in total. The minimum atomic E-state index is -0.245. The molecule has 170 valence electrons. The third kappa shape index (κ3) is 5.18. The molecule has 1 aliphatic rings. The average Bonchev–Trinajstić information content (AvgIpc) is 3.44. The molecule has 2 amide bonds. The molecule has 0 saturated carbocycles. The van der Waals surface area contributed by atoms with Gasteiger partial charge in [-0.3, -0.25) is 9.59 Å². The number of aromatic nitrogens is 1. The number of hydrogen-bond acceptors (Lipinski definition) is 6. The molecule has 3 aromatic rings. The highest BCUT2D eigenvalue weighted by Gasteiger charge is 2.27. The zero-order valence-electron chi connectivity index (χ0n) is 18.2. The van der Waals surface area contributed by atoms with Crippen molar-refractivity contribution in [2.24, 2.45) is 0 Å². The maximum Gasteiger partial charge on any atom is 0.289 e. The first-order valence-electron chi connectivity index (χ1n) is 10.3. The maximum absolute atomic E-state index is 12.2. The summed E-state index contributed by atoms with van der Waals surface area (Å²) in [5.41, 5.74) is 8.00. The lowest BCUT2D eigenvalue weighted by atomic mass is 10.0. The summed E-state index contributed by atoms with van der Waals surface area (Å²) in [6, 6.07) is 10.5. The number of anilines is 1. The number of ether oxygens (including phenoxy) is 1. The minimum Gasteiger partial charge on any atom is -0.486 e. The van der Waals surface area contributed by atoms with Gasteiger partial charge in [-0.25, -0.2) is 4.98 Å². The van der Waals surface area contributed by atoms with Crippen molar-refractivity contribution in [3.8, 4) is 17.1 Å². The van der Waals surface area contributed by atoms with E-state index in [1.54, 1.807) is 56.7 Å². The summed E-state index contributed by atoms with van der Waals surface area (Å²) in [5.74, 6) is 1.36. The molecule has 0 radical (unpaired) electrons. The average molecular weight is 467 g/mol. The highest BCUT2D eigenvalue weighted by Crippen LogP contribution is 2.40. The number of nitrogens with zero attached hydrogens (tertiary/aromatic N) is 2. The Labute approximate surface area is 196 Å². The largest absolute Gasteiger partial charge is 0.486 e. The first-order chi connectivity index (χ1) is 15.8. The summed E-state index contributed by atoms with van der Waals surface area (Å²) in [5, 5.41) is 3.28. The summed E-state index contributed by atoms with van der Waals surface area (Å²) in [6.07, 6.45) is 5.02. The Bertz CT molecular complexity index is 1220. The fraction of sp³-hybridized carbons (Fsp3) is 0.208. The number of nitrogen functional groups attached to an aromatic ring is 1. The Morgan fingerprint density at radius 3 is 2.82 bits per heavy atom. The van der Waals surface area contributed by atoms with E-state index < -0.39 is 0 Å². The van der Waals surface area contributed by atoms with Crippen molar-refractivity contribution in [1.82, 2.24) is 15.2 Å². The Morgan fingerprint density at radius 2 is 2.09 bits per heavy atom. The second-order valence-electron chi connectivity index (χ2n) is 7.85. The number of amides is 2. The van der Waals surface area contributed by atoms with Crippen LogP contribution in [0, 0.1) is 0 Å². The molecule has 0 spiro atoms. The predicted molar refractivity (Wildman–Crippen MR) is 126 cm³/mol. The van der Waals surface area contributed by atoms with Gasteiger partial charge in [0.1, 0.15) is 23.4 Å². The molecule has 1 atom stereocenters. The van der Waals surface area contributed by atoms with Gasteiger partial charge in [0, 0.05) is 43.9 Å². The zero-order chi connectivity index (χ0) is 23.5. The highest BCUT2D eigenvalue weighted by atomic mass is 35.5. The smallest absolute Gasteiger partial charge is 0.289 e. The third-order valence-electron chi connectivity index (χ3n) is 5.10. The van der Waals surface area contributed by atoms with Crippen LogP contribution in [-0.4, -0.2) is 48.4 Å². The van der Waals surface area contributed by atoms with Gasteiger partial charge in [-0.2, -0.15) is 0 Å². The molecule has 0 fully saturated rings. The van der Waals surface area contributed by atoms with Crippen LogP contribution in [0.2, 0.25) is 5.02 Å². The van der Waals surface area contributed by atoms with Crippen molar-refractivity contribution < 1.29 is 18.7 Å². The van der Waals surface area contributed by atoms with Crippen molar-refractivity contribution in [3.05, 3.63) is 70.6 Å². The molecule has 9 heteroatoms. The van der Waals surface area contributed by atoms with Crippen molar-refractivity contribution >= 4 is 35.3 Å². The number of fused-ring (bicyclic) bond motifs is 1. The Balaban J connectivity index is 1.38. The number of furan rings is 1. The van der Waals surface area contributed by atoms with E-state index >= 15 is 0 Å². The Hall–Kier alpha value is -3.78. The van der Waals surface area contributed by atoms with E-state index in [-0.39, 0.29) is 23.7 Å². The van der Waals surface area contributed by atoms with Gasteiger partial charge in [0.2, 0.25) is 5.91 Å². The molecule has 1 aliphatic heterocycles. The normalized spacial score (nSPS) is 14.7. The number of nitrogens with one attached hydrogen (secondary N) is 1. The van der Waals surface area contributed by atoms with Gasteiger partial charge in [-0.1, -0.05) is 11.6 Å². The Morgan fingerprint density at radius 1 is 1.27 bits per heavy atom.